The summed E-state index contributed by atoms with van der Waals surface area (Å²) in [5, 5.41) is 9.96. The molecule has 0 amide bonds. The van der Waals surface area contributed by atoms with Crippen molar-refractivity contribution < 1.29 is 13.5 Å². The minimum Gasteiger partial charge on any atom is -0.508 e. The molecular weight excluding hydrogens is 238 g/mol. The molecule has 1 fully saturated rings. The highest BCUT2D eigenvalue weighted by Gasteiger charge is 2.48. The van der Waals surface area contributed by atoms with Crippen LogP contribution in [0.1, 0.15) is 25.3 Å². The maximum atomic E-state index is 11.4. The molecule has 1 unspecified atom stereocenters. The molecule has 94 valence electrons. The average molecular weight is 255 g/mol. The molecule has 0 spiro atoms. The van der Waals surface area contributed by atoms with Gasteiger partial charge in [0.25, 0.3) is 0 Å². The van der Waals surface area contributed by atoms with Gasteiger partial charge in [-0.2, -0.15) is 0 Å². The molecule has 0 aliphatic heterocycles. The van der Waals surface area contributed by atoms with E-state index in [4.69, 9.17) is 5.73 Å². The predicted molar refractivity (Wildman–Crippen MR) is 65.8 cm³/mol. The van der Waals surface area contributed by atoms with E-state index in [1.54, 1.807) is 6.07 Å². The van der Waals surface area contributed by atoms with Crippen molar-refractivity contribution in [2.24, 2.45) is 5.73 Å². The van der Waals surface area contributed by atoms with Crippen LogP contribution in [0.5, 0.6) is 5.75 Å². The van der Waals surface area contributed by atoms with Crippen molar-refractivity contribution in [1.82, 2.24) is 0 Å². The van der Waals surface area contributed by atoms with Crippen LogP contribution < -0.4 is 5.73 Å². The van der Waals surface area contributed by atoms with E-state index in [-0.39, 0.29) is 22.1 Å². The zero-order chi connectivity index (χ0) is 12.8. The molecule has 0 aromatic heterocycles. The third kappa shape index (κ3) is 2.05. The summed E-state index contributed by atoms with van der Waals surface area (Å²) in [7, 11) is -3.28. The molecule has 0 heterocycles. The largest absolute Gasteiger partial charge is 0.508 e. The van der Waals surface area contributed by atoms with Crippen LogP contribution in [0.25, 0.3) is 0 Å². The van der Waals surface area contributed by atoms with E-state index in [0.29, 0.717) is 0 Å². The fourth-order valence-electron chi connectivity index (χ4n) is 2.27. The van der Waals surface area contributed by atoms with E-state index in [0.717, 1.165) is 24.7 Å². The number of hydrogen-bond acceptors (Lipinski definition) is 4. The van der Waals surface area contributed by atoms with Gasteiger partial charge in [-0.15, -0.1) is 0 Å². The molecule has 0 saturated heterocycles. The summed E-state index contributed by atoms with van der Waals surface area (Å²) >= 11 is 0. The first-order valence-electron chi connectivity index (χ1n) is 5.56. The lowest BCUT2D eigenvalue weighted by Gasteiger charge is -2.21. The van der Waals surface area contributed by atoms with Crippen molar-refractivity contribution in [2.75, 3.05) is 6.26 Å². The van der Waals surface area contributed by atoms with Gasteiger partial charge >= 0.3 is 0 Å². The van der Waals surface area contributed by atoms with Crippen LogP contribution in [0.4, 0.5) is 0 Å². The summed E-state index contributed by atoms with van der Waals surface area (Å²) in [4.78, 5) is 0.138. The van der Waals surface area contributed by atoms with Gasteiger partial charge in [0.15, 0.2) is 9.84 Å². The van der Waals surface area contributed by atoms with Crippen LogP contribution in [0.2, 0.25) is 0 Å². The standard InChI is InChI=1S/C12H17NO3S/c1-8(13)12(5-6-12)10-4-3-9(7-11(10)14)17(2,15)16/h3-4,7-8,14H,5-6,13H2,1-2H3. The van der Waals surface area contributed by atoms with Crippen molar-refractivity contribution in [3.63, 3.8) is 0 Å². The van der Waals surface area contributed by atoms with Gasteiger partial charge in [-0.25, -0.2) is 8.42 Å². The molecule has 4 nitrogen and oxygen atoms in total. The zero-order valence-corrected chi connectivity index (χ0v) is 10.8. The second-order valence-corrected chi connectivity index (χ2v) is 6.91. The smallest absolute Gasteiger partial charge is 0.175 e. The first-order chi connectivity index (χ1) is 7.77. The fraction of sp³-hybridized carbons (Fsp3) is 0.500. The molecule has 2 rings (SSSR count). The van der Waals surface area contributed by atoms with Gasteiger partial charge in [0, 0.05) is 23.3 Å². The Hall–Kier alpha value is -1.07. The number of phenols is 1. The molecule has 1 aliphatic carbocycles. The van der Waals surface area contributed by atoms with Gasteiger partial charge in [-0.1, -0.05) is 6.07 Å². The molecule has 17 heavy (non-hydrogen) atoms. The summed E-state index contributed by atoms with van der Waals surface area (Å²) in [5.41, 5.74) is 6.53. The summed E-state index contributed by atoms with van der Waals surface area (Å²) in [6, 6.07) is 4.49. The second-order valence-electron chi connectivity index (χ2n) is 4.90. The summed E-state index contributed by atoms with van der Waals surface area (Å²) < 4.78 is 22.7. The third-order valence-corrected chi connectivity index (χ3v) is 4.70. The fourth-order valence-corrected chi connectivity index (χ4v) is 2.91. The first kappa shape index (κ1) is 12.4. The van der Waals surface area contributed by atoms with E-state index in [1.807, 2.05) is 6.92 Å². The van der Waals surface area contributed by atoms with Gasteiger partial charge in [0.2, 0.25) is 0 Å². The van der Waals surface area contributed by atoms with Gasteiger partial charge in [0.1, 0.15) is 5.75 Å². The van der Waals surface area contributed by atoms with Crippen LogP contribution >= 0.6 is 0 Å². The topological polar surface area (TPSA) is 80.4 Å². The molecule has 1 aromatic carbocycles. The van der Waals surface area contributed by atoms with Crippen molar-refractivity contribution in [3.05, 3.63) is 23.8 Å². The molecule has 0 bridgehead atoms. The number of rotatable bonds is 3. The molecule has 3 N–H and O–H groups in total. The maximum absolute atomic E-state index is 11.4. The Morgan fingerprint density at radius 3 is 2.35 bits per heavy atom. The lowest BCUT2D eigenvalue weighted by atomic mass is 9.89. The first-order valence-corrected chi connectivity index (χ1v) is 7.46. The quantitative estimate of drug-likeness (QED) is 0.849. The van der Waals surface area contributed by atoms with Crippen LogP contribution in [0.15, 0.2) is 23.1 Å². The van der Waals surface area contributed by atoms with Gasteiger partial charge in [-0.3, -0.25) is 0 Å². The molecule has 1 aromatic rings. The van der Waals surface area contributed by atoms with Gasteiger partial charge < -0.3 is 10.8 Å². The van der Waals surface area contributed by atoms with Crippen LogP contribution in [-0.4, -0.2) is 25.8 Å². The van der Waals surface area contributed by atoms with Crippen molar-refractivity contribution in [1.29, 1.82) is 0 Å². The minimum atomic E-state index is -3.28. The molecule has 5 heteroatoms. The highest BCUT2D eigenvalue weighted by molar-refractivity contribution is 7.90. The Kier molecular flexibility index (Phi) is 2.71. The highest BCUT2D eigenvalue weighted by Crippen LogP contribution is 2.53. The summed E-state index contributed by atoms with van der Waals surface area (Å²) in [6.07, 6.45) is 3.01. The number of nitrogens with two attached hydrogens (primary N) is 1. The monoisotopic (exact) mass is 255 g/mol. The van der Waals surface area contributed by atoms with Crippen molar-refractivity contribution in [3.8, 4) is 5.75 Å². The van der Waals surface area contributed by atoms with E-state index in [1.165, 1.54) is 12.1 Å². The summed E-state index contributed by atoms with van der Waals surface area (Å²) in [6.45, 7) is 1.91. The van der Waals surface area contributed by atoms with E-state index < -0.39 is 9.84 Å². The molecule has 1 saturated carbocycles. The Balaban J connectivity index is 2.47. The summed E-state index contributed by atoms with van der Waals surface area (Å²) in [5.74, 6) is 0.0303. The maximum Gasteiger partial charge on any atom is 0.175 e. The van der Waals surface area contributed by atoms with Crippen LogP contribution in [0.3, 0.4) is 0 Å². The Morgan fingerprint density at radius 1 is 1.41 bits per heavy atom. The number of aromatic hydroxyl groups is 1. The Bertz CT molecular complexity index is 545. The molecule has 0 radical (unpaired) electrons. The van der Waals surface area contributed by atoms with Crippen molar-refractivity contribution in [2.45, 2.75) is 36.1 Å². The van der Waals surface area contributed by atoms with Crippen LogP contribution in [-0.2, 0) is 15.3 Å². The number of phenolic OH excluding ortho intramolecular Hbond substituents is 1. The van der Waals surface area contributed by atoms with E-state index >= 15 is 0 Å². The Labute approximate surface area is 101 Å². The minimum absolute atomic E-state index is 0.0303. The predicted octanol–water partition coefficient (Wildman–Crippen LogP) is 1.17. The zero-order valence-electron chi connectivity index (χ0n) is 9.97. The lowest BCUT2D eigenvalue weighted by molar-refractivity contribution is 0.444. The average Bonchev–Trinajstić information content (AvgIpc) is 2.96. The van der Waals surface area contributed by atoms with Crippen LogP contribution in [0, 0.1) is 0 Å². The second kappa shape index (κ2) is 3.71. The third-order valence-electron chi connectivity index (χ3n) is 3.59. The van der Waals surface area contributed by atoms with E-state index in [2.05, 4.69) is 0 Å². The number of sulfone groups is 1. The normalized spacial score (nSPS) is 19.9. The number of benzene rings is 1. The molecule has 1 aliphatic rings. The van der Waals surface area contributed by atoms with Crippen molar-refractivity contribution >= 4 is 9.84 Å². The van der Waals surface area contributed by atoms with Gasteiger partial charge in [-0.05, 0) is 31.9 Å². The van der Waals surface area contributed by atoms with E-state index in [9.17, 15) is 13.5 Å². The van der Waals surface area contributed by atoms with Gasteiger partial charge in [0.05, 0.1) is 4.90 Å². The molecular formula is C12H17NO3S. The SMILES string of the molecule is CC(N)C1(c2ccc(S(C)(=O)=O)cc2O)CC1. The Morgan fingerprint density at radius 2 is 2.00 bits per heavy atom. The lowest BCUT2D eigenvalue weighted by Crippen LogP contribution is -2.31. The highest BCUT2D eigenvalue weighted by atomic mass is 32.2. The molecule has 1 atom stereocenters. The number of hydrogen-bond donors (Lipinski definition) is 2.